The summed E-state index contributed by atoms with van der Waals surface area (Å²) in [6.07, 6.45) is 2.80. The number of amides is 2. The van der Waals surface area contributed by atoms with Gasteiger partial charge in [-0.1, -0.05) is 0 Å². The number of nitrogens with zero attached hydrogens (tertiary/aromatic N) is 5. The second-order valence-electron chi connectivity index (χ2n) is 9.84. The van der Waals surface area contributed by atoms with Gasteiger partial charge in [-0.2, -0.15) is 0 Å². The molecule has 32 heavy (non-hydrogen) atoms. The predicted molar refractivity (Wildman–Crippen MR) is 119 cm³/mol. The molecule has 0 aromatic carbocycles. The van der Waals surface area contributed by atoms with Crippen molar-refractivity contribution in [3.05, 3.63) is 33.4 Å². The first kappa shape index (κ1) is 21.2. The van der Waals surface area contributed by atoms with Crippen LogP contribution >= 0.6 is 0 Å². The van der Waals surface area contributed by atoms with E-state index >= 15 is 0 Å². The molecule has 1 unspecified atom stereocenters. The lowest BCUT2D eigenvalue weighted by molar-refractivity contribution is -0.136. The molecule has 5 heterocycles. The standard InChI is InChI=1S/C23H32N6O3/c1-14(2)28-9-6-18-17(13-28)23(32)29-20(24-18)11-19(25-29)15-4-7-27(8-5-15)22(31)16-10-21(30)26(3)12-16/h11,14-16,25H,4-10,12-13H2,1-3H3. The van der Waals surface area contributed by atoms with Gasteiger partial charge in [-0.25, -0.2) is 9.50 Å². The van der Waals surface area contributed by atoms with Crippen molar-refractivity contribution in [2.24, 2.45) is 5.92 Å². The van der Waals surface area contributed by atoms with Gasteiger partial charge >= 0.3 is 0 Å². The Morgan fingerprint density at radius 1 is 1.19 bits per heavy atom. The molecule has 2 aromatic rings. The van der Waals surface area contributed by atoms with Crippen LogP contribution in [0.5, 0.6) is 0 Å². The van der Waals surface area contributed by atoms with E-state index in [-0.39, 0.29) is 29.2 Å². The van der Waals surface area contributed by atoms with Crippen LogP contribution in [0.3, 0.4) is 0 Å². The zero-order valence-electron chi connectivity index (χ0n) is 19.1. The van der Waals surface area contributed by atoms with E-state index < -0.39 is 0 Å². The van der Waals surface area contributed by atoms with Crippen LogP contribution in [0.4, 0.5) is 0 Å². The Hall–Kier alpha value is -2.68. The van der Waals surface area contributed by atoms with E-state index in [0.29, 0.717) is 44.3 Å². The van der Waals surface area contributed by atoms with Gasteiger partial charge in [0, 0.05) is 76.3 Å². The van der Waals surface area contributed by atoms with Gasteiger partial charge in [0.2, 0.25) is 11.8 Å². The molecule has 2 amide bonds. The molecule has 3 aliphatic heterocycles. The average molecular weight is 441 g/mol. The number of carbonyl (C=O) groups excluding carboxylic acids is 2. The van der Waals surface area contributed by atoms with Crippen LogP contribution in [-0.4, -0.2) is 80.4 Å². The molecule has 1 N–H and O–H groups in total. The summed E-state index contributed by atoms with van der Waals surface area (Å²) in [6, 6.07) is 2.40. The van der Waals surface area contributed by atoms with E-state index in [4.69, 9.17) is 4.98 Å². The van der Waals surface area contributed by atoms with E-state index in [1.165, 1.54) is 0 Å². The zero-order chi connectivity index (χ0) is 22.6. The molecular formula is C23H32N6O3. The second kappa shape index (κ2) is 8.03. The van der Waals surface area contributed by atoms with Crippen LogP contribution in [0.15, 0.2) is 10.9 Å². The highest BCUT2D eigenvalue weighted by Gasteiger charge is 2.36. The third kappa shape index (κ3) is 3.62. The quantitative estimate of drug-likeness (QED) is 0.768. The number of hydrogen-bond donors (Lipinski definition) is 1. The number of H-pyrrole nitrogens is 1. The highest BCUT2D eigenvalue weighted by Crippen LogP contribution is 2.29. The van der Waals surface area contributed by atoms with E-state index in [9.17, 15) is 14.4 Å². The summed E-state index contributed by atoms with van der Waals surface area (Å²) in [5.41, 5.74) is 3.43. The number of piperidine rings is 1. The van der Waals surface area contributed by atoms with Gasteiger partial charge in [0.15, 0.2) is 5.65 Å². The molecule has 0 aliphatic carbocycles. The third-order valence-electron chi connectivity index (χ3n) is 7.48. The summed E-state index contributed by atoms with van der Waals surface area (Å²) in [7, 11) is 1.76. The lowest BCUT2D eigenvalue weighted by atomic mass is 9.92. The number of rotatable bonds is 3. The van der Waals surface area contributed by atoms with Crippen molar-refractivity contribution in [1.29, 1.82) is 0 Å². The number of nitrogens with one attached hydrogen (secondary N) is 1. The van der Waals surface area contributed by atoms with Gasteiger partial charge in [0.25, 0.3) is 5.56 Å². The minimum absolute atomic E-state index is 0.00392. The van der Waals surface area contributed by atoms with E-state index in [1.807, 2.05) is 11.0 Å². The molecule has 9 nitrogen and oxygen atoms in total. The second-order valence-corrected chi connectivity index (χ2v) is 9.84. The Kier molecular flexibility index (Phi) is 5.31. The number of aromatic amines is 1. The van der Waals surface area contributed by atoms with Gasteiger partial charge in [0.05, 0.1) is 17.2 Å². The molecule has 0 saturated carbocycles. The lowest BCUT2D eigenvalue weighted by Crippen LogP contribution is -2.42. The number of carbonyl (C=O) groups is 2. The maximum absolute atomic E-state index is 13.2. The Morgan fingerprint density at radius 2 is 1.94 bits per heavy atom. The Labute approximate surface area is 187 Å². The molecule has 0 radical (unpaired) electrons. The van der Waals surface area contributed by atoms with Gasteiger partial charge in [-0.15, -0.1) is 0 Å². The summed E-state index contributed by atoms with van der Waals surface area (Å²) < 4.78 is 1.59. The maximum atomic E-state index is 13.2. The van der Waals surface area contributed by atoms with Crippen molar-refractivity contribution in [3.8, 4) is 0 Å². The number of fused-ring (bicyclic) bond motifs is 2. The molecule has 0 bridgehead atoms. The summed E-state index contributed by atoms with van der Waals surface area (Å²) in [5, 5.41) is 3.31. The van der Waals surface area contributed by atoms with Crippen LogP contribution in [0, 0.1) is 5.92 Å². The molecule has 172 valence electrons. The fraction of sp³-hybridized carbons (Fsp3) is 0.652. The minimum Gasteiger partial charge on any atom is -0.345 e. The highest BCUT2D eigenvalue weighted by molar-refractivity contribution is 5.89. The van der Waals surface area contributed by atoms with Crippen molar-refractivity contribution in [2.75, 3.05) is 33.2 Å². The van der Waals surface area contributed by atoms with E-state index in [1.54, 1.807) is 16.5 Å². The van der Waals surface area contributed by atoms with Gasteiger partial charge < -0.3 is 9.80 Å². The van der Waals surface area contributed by atoms with Crippen LogP contribution in [0.2, 0.25) is 0 Å². The fourth-order valence-corrected chi connectivity index (χ4v) is 5.37. The summed E-state index contributed by atoms with van der Waals surface area (Å²) in [6.45, 7) is 7.76. The van der Waals surface area contributed by atoms with Crippen molar-refractivity contribution in [1.82, 2.24) is 29.3 Å². The molecule has 0 spiro atoms. The minimum atomic E-state index is -0.211. The summed E-state index contributed by atoms with van der Waals surface area (Å²) in [5.74, 6) is 0.195. The number of hydrogen-bond acceptors (Lipinski definition) is 5. The topological polar surface area (TPSA) is 94.0 Å². The third-order valence-corrected chi connectivity index (χ3v) is 7.48. The highest BCUT2D eigenvalue weighted by atomic mass is 16.2. The fourth-order valence-electron chi connectivity index (χ4n) is 5.37. The first-order chi connectivity index (χ1) is 15.3. The predicted octanol–water partition coefficient (Wildman–Crippen LogP) is 0.973. The van der Waals surface area contributed by atoms with Crippen LogP contribution in [-0.2, 0) is 22.6 Å². The first-order valence-corrected chi connectivity index (χ1v) is 11.7. The van der Waals surface area contributed by atoms with Gasteiger partial charge in [-0.3, -0.25) is 24.4 Å². The van der Waals surface area contributed by atoms with Crippen molar-refractivity contribution in [3.63, 3.8) is 0 Å². The Morgan fingerprint density at radius 3 is 2.59 bits per heavy atom. The maximum Gasteiger partial charge on any atom is 0.277 e. The van der Waals surface area contributed by atoms with Crippen molar-refractivity contribution >= 4 is 17.5 Å². The van der Waals surface area contributed by atoms with Crippen molar-refractivity contribution in [2.45, 2.75) is 58.0 Å². The van der Waals surface area contributed by atoms with Crippen LogP contribution < -0.4 is 5.56 Å². The average Bonchev–Trinajstić information content (AvgIpc) is 3.36. The Bertz CT molecular complexity index is 1110. The smallest absolute Gasteiger partial charge is 0.277 e. The molecule has 1 atom stereocenters. The molecule has 3 aliphatic rings. The van der Waals surface area contributed by atoms with Crippen molar-refractivity contribution < 1.29 is 9.59 Å². The normalized spacial score (nSPS) is 22.9. The number of aromatic nitrogens is 3. The Balaban J connectivity index is 1.30. The van der Waals surface area contributed by atoms with E-state index in [0.717, 1.165) is 42.8 Å². The first-order valence-electron chi connectivity index (χ1n) is 11.7. The molecule has 5 rings (SSSR count). The molecular weight excluding hydrogens is 408 g/mol. The van der Waals surface area contributed by atoms with Crippen LogP contribution in [0.25, 0.3) is 5.65 Å². The SMILES string of the molecule is CC(C)N1CCc2nc3cc(C4CCN(C(=O)C5CC(=O)N(C)C5)CC4)[nH]n3c(=O)c2C1. The largest absolute Gasteiger partial charge is 0.345 e. The monoisotopic (exact) mass is 440 g/mol. The van der Waals surface area contributed by atoms with Gasteiger partial charge in [0.1, 0.15) is 0 Å². The molecule has 9 heteroatoms. The summed E-state index contributed by atoms with van der Waals surface area (Å²) in [4.78, 5) is 48.4. The summed E-state index contributed by atoms with van der Waals surface area (Å²) >= 11 is 0. The zero-order valence-corrected chi connectivity index (χ0v) is 19.1. The van der Waals surface area contributed by atoms with E-state index in [2.05, 4.69) is 23.8 Å². The van der Waals surface area contributed by atoms with Crippen LogP contribution in [0.1, 0.15) is 56.0 Å². The molecule has 2 fully saturated rings. The molecule has 2 saturated heterocycles. The molecule has 2 aromatic heterocycles. The van der Waals surface area contributed by atoms with Gasteiger partial charge in [-0.05, 0) is 26.7 Å². The number of likely N-dealkylation sites (tertiary alicyclic amines) is 2. The lowest BCUT2D eigenvalue weighted by Gasteiger charge is -2.33.